The number of unbranched alkanes of at least 4 members (excludes halogenated alkanes) is 1. The van der Waals surface area contributed by atoms with E-state index < -0.39 is 0 Å². The standard InChI is InChI=1S/C14H24N2/c1-4-6-11-16(3)14-10-8-7-9-12(14)13(15)5-2/h7-10,13H,4-6,11,15H2,1-3H3/t13-/m1/s1. The number of rotatable bonds is 6. The molecule has 16 heavy (non-hydrogen) atoms. The lowest BCUT2D eigenvalue weighted by molar-refractivity contribution is 0.689. The van der Waals surface area contributed by atoms with Crippen molar-refractivity contribution in [1.29, 1.82) is 0 Å². The molecule has 2 N–H and O–H groups in total. The van der Waals surface area contributed by atoms with Gasteiger partial charge in [-0.25, -0.2) is 0 Å². The molecule has 1 rings (SSSR count). The second-order valence-corrected chi connectivity index (χ2v) is 4.35. The number of para-hydroxylation sites is 1. The molecule has 0 saturated carbocycles. The van der Waals surface area contributed by atoms with Gasteiger partial charge in [0.2, 0.25) is 0 Å². The monoisotopic (exact) mass is 220 g/mol. The number of hydrogen-bond donors (Lipinski definition) is 1. The van der Waals surface area contributed by atoms with Gasteiger partial charge in [0.25, 0.3) is 0 Å². The zero-order valence-electron chi connectivity index (χ0n) is 10.7. The largest absolute Gasteiger partial charge is 0.374 e. The molecule has 0 aromatic heterocycles. The molecular weight excluding hydrogens is 196 g/mol. The smallest absolute Gasteiger partial charge is 0.0412 e. The van der Waals surface area contributed by atoms with E-state index in [1.165, 1.54) is 24.1 Å². The van der Waals surface area contributed by atoms with E-state index in [0.717, 1.165) is 13.0 Å². The van der Waals surface area contributed by atoms with Crippen LogP contribution in [0.15, 0.2) is 24.3 Å². The number of benzene rings is 1. The fraction of sp³-hybridized carbons (Fsp3) is 0.571. The van der Waals surface area contributed by atoms with Crippen molar-refractivity contribution in [2.75, 3.05) is 18.5 Å². The van der Waals surface area contributed by atoms with Gasteiger partial charge in [-0.3, -0.25) is 0 Å². The molecule has 2 heteroatoms. The Morgan fingerprint density at radius 1 is 1.25 bits per heavy atom. The first kappa shape index (κ1) is 13.0. The predicted molar refractivity (Wildman–Crippen MR) is 71.8 cm³/mol. The minimum Gasteiger partial charge on any atom is -0.374 e. The molecule has 1 aromatic carbocycles. The summed E-state index contributed by atoms with van der Waals surface area (Å²) in [5, 5.41) is 0. The molecule has 0 aliphatic carbocycles. The number of anilines is 1. The summed E-state index contributed by atoms with van der Waals surface area (Å²) in [7, 11) is 2.15. The van der Waals surface area contributed by atoms with Crippen LogP contribution in [0.25, 0.3) is 0 Å². The summed E-state index contributed by atoms with van der Waals surface area (Å²) in [5.41, 5.74) is 8.68. The summed E-state index contributed by atoms with van der Waals surface area (Å²) in [6, 6.07) is 8.62. The highest BCUT2D eigenvalue weighted by Crippen LogP contribution is 2.26. The molecule has 2 nitrogen and oxygen atoms in total. The second-order valence-electron chi connectivity index (χ2n) is 4.35. The topological polar surface area (TPSA) is 29.3 Å². The lowest BCUT2D eigenvalue weighted by Gasteiger charge is -2.24. The summed E-state index contributed by atoms with van der Waals surface area (Å²) in [6.07, 6.45) is 3.44. The van der Waals surface area contributed by atoms with Crippen molar-refractivity contribution in [3.8, 4) is 0 Å². The van der Waals surface area contributed by atoms with Crippen molar-refractivity contribution in [2.24, 2.45) is 5.73 Å². The normalized spacial score (nSPS) is 12.5. The molecule has 0 amide bonds. The molecule has 0 unspecified atom stereocenters. The Balaban J connectivity index is 2.85. The third-order valence-electron chi connectivity index (χ3n) is 3.03. The van der Waals surface area contributed by atoms with Crippen LogP contribution in [0.4, 0.5) is 5.69 Å². The lowest BCUT2D eigenvalue weighted by atomic mass is 10.0. The van der Waals surface area contributed by atoms with E-state index in [4.69, 9.17) is 5.73 Å². The van der Waals surface area contributed by atoms with Crippen LogP contribution in [0.3, 0.4) is 0 Å². The molecule has 0 spiro atoms. The maximum atomic E-state index is 6.13. The summed E-state index contributed by atoms with van der Waals surface area (Å²) >= 11 is 0. The van der Waals surface area contributed by atoms with E-state index in [1.54, 1.807) is 0 Å². The summed E-state index contributed by atoms with van der Waals surface area (Å²) in [4.78, 5) is 2.31. The van der Waals surface area contributed by atoms with Crippen molar-refractivity contribution in [1.82, 2.24) is 0 Å². The van der Waals surface area contributed by atoms with Crippen molar-refractivity contribution < 1.29 is 0 Å². The minimum absolute atomic E-state index is 0.153. The molecule has 1 atom stereocenters. The second kappa shape index (κ2) is 6.54. The van der Waals surface area contributed by atoms with Gasteiger partial charge in [0.05, 0.1) is 0 Å². The van der Waals surface area contributed by atoms with E-state index in [2.05, 4.69) is 50.1 Å². The Hall–Kier alpha value is -1.02. The molecule has 0 aliphatic rings. The van der Waals surface area contributed by atoms with Crippen molar-refractivity contribution >= 4 is 5.69 Å². The highest BCUT2D eigenvalue weighted by Gasteiger charge is 2.11. The van der Waals surface area contributed by atoms with Gasteiger partial charge in [0.15, 0.2) is 0 Å². The van der Waals surface area contributed by atoms with Gasteiger partial charge >= 0.3 is 0 Å². The van der Waals surface area contributed by atoms with E-state index in [-0.39, 0.29) is 6.04 Å². The van der Waals surface area contributed by atoms with Crippen LogP contribution in [0.1, 0.15) is 44.7 Å². The summed E-state index contributed by atoms with van der Waals surface area (Å²) < 4.78 is 0. The van der Waals surface area contributed by atoms with Gasteiger partial charge in [-0.15, -0.1) is 0 Å². The molecule has 0 radical (unpaired) electrons. The van der Waals surface area contributed by atoms with Crippen LogP contribution >= 0.6 is 0 Å². The van der Waals surface area contributed by atoms with Crippen molar-refractivity contribution in [3.63, 3.8) is 0 Å². The van der Waals surface area contributed by atoms with Gasteiger partial charge in [-0.1, -0.05) is 38.5 Å². The molecule has 90 valence electrons. The average Bonchev–Trinajstić information content (AvgIpc) is 2.35. The van der Waals surface area contributed by atoms with Gasteiger partial charge in [0, 0.05) is 25.3 Å². The Morgan fingerprint density at radius 2 is 1.94 bits per heavy atom. The van der Waals surface area contributed by atoms with Crippen LogP contribution in [-0.4, -0.2) is 13.6 Å². The predicted octanol–water partition coefficient (Wildman–Crippen LogP) is 3.33. The summed E-state index contributed by atoms with van der Waals surface area (Å²) in [5.74, 6) is 0. The molecule has 0 aliphatic heterocycles. The third-order valence-corrected chi connectivity index (χ3v) is 3.03. The highest BCUT2D eigenvalue weighted by atomic mass is 15.1. The molecule has 0 bridgehead atoms. The molecule has 0 heterocycles. The van der Waals surface area contributed by atoms with Crippen LogP contribution in [0.2, 0.25) is 0 Å². The fourth-order valence-electron chi connectivity index (χ4n) is 1.88. The van der Waals surface area contributed by atoms with Crippen LogP contribution in [-0.2, 0) is 0 Å². The molecule has 0 saturated heterocycles. The van der Waals surface area contributed by atoms with Crippen LogP contribution in [0.5, 0.6) is 0 Å². The molecule has 0 fully saturated rings. The van der Waals surface area contributed by atoms with E-state index in [1.807, 2.05) is 0 Å². The maximum absolute atomic E-state index is 6.13. The summed E-state index contributed by atoms with van der Waals surface area (Å²) in [6.45, 7) is 5.45. The van der Waals surface area contributed by atoms with Crippen molar-refractivity contribution in [2.45, 2.75) is 39.2 Å². The number of nitrogens with two attached hydrogens (primary N) is 1. The van der Waals surface area contributed by atoms with E-state index >= 15 is 0 Å². The van der Waals surface area contributed by atoms with E-state index in [0.29, 0.717) is 0 Å². The van der Waals surface area contributed by atoms with Crippen LogP contribution in [0, 0.1) is 0 Å². The van der Waals surface area contributed by atoms with Gasteiger partial charge < -0.3 is 10.6 Å². The Morgan fingerprint density at radius 3 is 2.56 bits per heavy atom. The third kappa shape index (κ3) is 3.24. The molecule has 1 aromatic rings. The molecular formula is C14H24N2. The van der Waals surface area contributed by atoms with Gasteiger partial charge in [-0.05, 0) is 24.5 Å². The highest BCUT2D eigenvalue weighted by molar-refractivity contribution is 5.54. The first-order valence-corrected chi connectivity index (χ1v) is 6.26. The first-order valence-electron chi connectivity index (χ1n) is 6.26. The Labute approximate surface area is 99.5 Å². The van der Waals surface area contributed by atoms with Gasteiger partial charge in [0.1, 0.15) is 0 Å². The average molecular weight is 220 g/mol. The Bertz CT molecular complexity index is 309. The first-order chi connectivity index (χ1) is 7.70. The number of hydrogen-bond acceptors (Lipinski definition) is 2. The fourth-order valence-corrected chi connectivity index (χ4v) is 1.88. The Kier molecular flexibility index (Phi) is 5.33. The zero-order valence-corrected chi connectivity index (χ0v) is 10.7. The SMILES string of the molecule is CCCCN(C)c1ccccc1[C@H](N)CC. The quantitative estimate of drug-likeness (QED) is 0.796. The zero-order chi connectivity index (χ0) is 12.0. The van der Waals surface area contributed by atoms with E-state index in [9.17, 15) is 0 Å². The van der Waals surface area contributed by atoms with Crippen molar-refractivity contribution in [3.05, 3.63) is 29.8 Å². The minimum atomic E-state index is 0.153. The number of nitrogens with zero attached hydrogens (tertiary/aromatic N) is 1. The maximum Gasteiger partial charge on any atom is 0.0412 e. The van der Waals surface area contributed by atoms with Crippen LogP contribution < -0.4 is 10.6 Å². The van der Waals surface area contributed by atoms with Gasteiger partial charge in [-0.2, -0.15) is 0 Å². The lowest BCUT2D eigenvalue weighted by Crippen LogP contribution is -2.22.